The van der Waals surface area contributed by atoms with E-state index >= 15 is 0 Å². The van der Waals surface area contributed by atoms with Crippen LogP contribution in [0.25, 0.3) is 0 Å². The van der Waals surface area contributed by atoms with Crippen molar-refractivity contribution in [2.45, 2.75) is 64.5 Å². The second-order valence-corrected chi connectivity index (χ2v) is 9.18. The Bertz CT molecular complexity index is 704. The summed E-state index contributed by atoms with van der Waals surface area (Å²) < 4.78 is 5.08. The number of allylic oxidation sites excluding steroid dienone is 2. The van der Waals surface area contributed by atoms with Gasteiger partial charge in [0.05, 0.1) is 11.2 Å². The maximum atomic E-state index is 12.2. The van der Waals surface area contributed by atoms with Gasteiger partial charge >= 0.3 is 5.97 Å². The summed E-state index contributed by atoms with van der Waals surface area (Å²) in [7, 11) is 0. The molecule has 0 bridgehead atoms. The summed E-state index contributed by atoms with van der Waals surface area (Å²) in [6, 6.07) is -0.658. The van der Waals surface area contributed by atoms with Gasteiger partial charge in [0.25, 0.3) is 0 Å². The first-order valence-electron chi connectivity index (χ1n) is 10.1. The number of imide groups is 1. The lowest BCUT2D eigenvalue weighted by Crippen LogP contribution is -2.54. The van der Waals surface area contributed by atoms with E-state index in [4.69, 9.17) is 4.74 Å². The van der Waals surface area contributed by atoms with Crippen molar-refractivity contribution in [1.82, 2.24) is 4.90 Å². The van der Waals surface area contributed by atoms with Crippen molar-refractivity contribution in [2.24, 2.45) is 23.2 Å². The fourth-order valence-corrected chi connectivity index (χ4v) is 5.72. The summed E-state index contributed by atoms with van der Waals surface area (Å²) in [5.41, 5.74) is 0.894. The van der Waals surface area contributed by atoms with Crippen molar-refractivity contribution in [3.8, 4) is 0 Å². The van der Waals surface area contributed by atoms with Crippen molar-refractivity contribution in [1.29, 1.82) is 0 Å². The number of ether oxygens (including phenoxy) is 1. The van der Waals surface area contributed by atoms with Gasteiger partial charge in [0.1, 0.15) is 12.6 Å². The van der Waals surface area contributed by atoms with Crippen molar-refractivity contribution in [3.63, 3.8) is 0 Å². The molecule has 2 saturated carbocycles. The van der Waals surface area contributed by atoms with Crippen LogP contribution in [0.3, 0.4) is 0 Å². The molecule has 1 aliphatic heterocycles. The van der Waals surface area contributed by atoms with Gasteiger partial charge in [0, 0.05) is 0 Å². The van der Waals surface area contributed by atoms with Crippen LogP contribution in [0, 0.1) is 23.2 Å². The van der Waals surface area contributed by atoms with E-state index in [-0.39, 0.29) is 23.9 Å². The number of carbonyl (C=O) groups is 3. The molecule has 0 aromatic heterocycles. The number of hydrogen-bond donors (Lipinski definition) is 1. The second-order valence-electron chi connectivity index (χ2n) is 9.18. The summed E-state index contributed by atoms with van der Waals surface area (Å²) in [4.78, 5) is 35.4. The molecule has 2 amide bonds. The van der Waals surface area contributed by atoms with Crippen LogP contribution in [0.5, 0.6) is 0 Å². The Morgan fingerprint density at radius 1 is 1.29 bits per heavy atom. The summed E-state index contributed by atoms with van der Waals surface area (Å²) in [5, 5.41) is 10.8. The Hall–Kier alpha value is -1.95. The first kappa shape index (κ1) is 20.8. The van der Waals surface area contributed by atoms with Gasteiger partial charge < -0.3 is 9.84 Å². The molecular formula is C22H31NO5. The highest BCUT2D eigenvalue weighted by molar-refractivity contribution is 5.93. The number of esters is 1. The molecule has 3 aliphatic rings. The monoisotopic (exact) mass is 389 g/mol. The Morgan fingerprint density at radius 3 is 2.61 bits per heavy atom. The molecule has 6 heteroatoms. The minimum absolute atomic E-state index is 0.00105. The van der Waals surface area contributed by atoms with Crippen molar-refractivity contribution in [2.75, 3.05) is 6.61 Å². The molecule has 28 heavy (non-hydrogen) atoms. The molecule has 1 saturated heterocycles. The van der Waals surface area contributed by atoms with E-state index in [9.17, 15) is 19.5 Å². The molecule has 154 valence electrons. The van der Waals surface area contributed by atoms with Crippen LogP contribution in [0.2, 0.25) is 0 Å². The largest absolute Gasteiger partial charge is 0.460 e. The van der Waals surface area contributed by atoms with Crippen LogP contribution >= 0.6 is 0 Å². The van der Waals surface area contributed by atoms with E-state index in [0.717, 1.165) is 30.6 Å². The van der Waals surface area contributed by atoms with Gasteiger partial charge in [-0.3, -0.25) is 14.5 Å². The smallest absolute Gasteiger partial charge is 0.336 e. The van der Waals surface area contributed by atoms with Gasteiger partial charge in [-0.15, -0.1) is 0 Å². The zero-order valence-electron chi connectivity index (χ0n) is 17.0. The minimum Gasteiger partial charge on any atom is -0.460 e. The molecule has 0 spiro atoms. The lowest BCUT2D eigenvalue weighted by molar-refractivity contribution is -0.136. The maximum Gasteiger partial charge on any atom is 0.336 e. The van der Waals surface area contributed by atoms with Crippen LogP contribution in [-0.2, 0) is 19.1 Å². The molecular weight excluding hydrogens is 358 g/mol. The number of amides is 2. The summed E-state index contributed by atoms with van der Waals surface area (Å²) >= 11 is 0. The van der Waals surface area contributed by atoms with Gasteiger partial charge in [-0.2, -0.15) is 0 Å². The lowest BCUT2D eigenvalue weighted by atomic mass is 9.48. The third kappa shape index (κ3) is 3.32. The zero-order chi connectivity index (χ0) is 20.7. The number of cyclic esters (lactones) is 1. The van der Waals surface area contributed by atoms with E-state index in [2.05, 4.69) is 20.4 Å². The van der Waals surface area contributed by atoms with E-state index < -0.39 is 17.6 Å². The standard InChI is InChI=1S/C22H31NO5/c1-14-5-7-18-15(2)22(4,27)10-9-21(18,3)17(14)8-6-16-19(11-28-20(16)26)23(12-24)13-25/h6,12-13,15,17-19,27H,1,5,7-11H2,2-4H3/b16-6+/t15-,17-,18-,19?,21+,22+/m1/s1. The van der Waals surface area contributed by atoms with Crippen molar-refractivity contribution in [3.05, 3.63) is 23.8 Å². The number of aliphatic hydroxyl groups is 1. The Kier molecular flexibility index (Phi) is 5.54. The lowest BCUT2D eigenvalue weighted by Gasteiger charge is -2.58. The highest BCUT2D eigenvalue weighted by Crippen LogP contribution is 2.59. The maximum absolute atomic E-state index is 12.2. The molecule has 3 rings (SSSR count). The van der Waals surface area contributed by atoms with Crippen LogP contribution < -0.4 is 0 Å². The Balaban J connectivity index is 1.86. The predicted octanol–water partition coefficient (Wildman–Crippen LogP) is 2.61. The molecule has 0 aromatic rings. The molecule has 1 heterocycles. The summed E-state index contributed by atoms with van der Waals surface area (Å²) in [6.07, 6.45) is 6.89. The first-order chi connectivity index (χ1) is 13.2. The zero-order valence-corrected chi connectivity index (χ0v) is 17.0. The fraction of sp³-hybridized carbons (Fsp3) is 0.682. The number of fused-ring (bicyclic) bond motifs is 1. The minimum atomic E-state index is -0.658. The van der Waals surface area contributed by atoms with Crippen LogP contribution in [-0.4, -0.2) is 47.0 Å². The fourth-order valence-electron chi connectivity index (χ4n) is 5.72. The molecule has 1 N–H and O–H groups in total. The highest BCUT2D eigenvalue weighted by Gasteiger charge is 2.54. The molecule has 2 aliphatic carbocycles. The van der Waals surface area contributed by atoms with E-state index in [1.54, 1.807) is 0 Å². The van der Waals surface area contributed by atoms with Gasteiger partial charge in [-0.25, -0.2) is 4.79 Å². The van der Waals surface area contributed by atoms with Crippen molar-refractivity contribution >= 4 is 18.8 Å². The van der Waals surface area contributed by atoms with Crippen LogP contribution in [0.15, 0.2) is 23.8 Å². The molecule has 3 fully saturated rings. The molecule has 1 unspecified atom stereocenters. The average Bonchev–Trinajstić information content (AvgIpc) is 3.00. The first-order valence-corrected chi connectivity index (χ1v) is 10.1. The Labute approximate surface area is 166 Å². The van der Waals surface area contributed by atoms with Gasteiger partial charge in [-0.05, 0) is 62.2 Å². The number of nitrogens with zero attached hydrogens (tertiary/aromatic N) is 1. The van der Waals surface area contributed by atoms with Gasteiger partial charge in [0.2, 0.25) is 12.8 Å². The van der Waals surface area contributed by atoms with Gasteiger partial charge in [0.15, 0.2) is 0 Å². The van der Waals surface area contributed by atoms with Gasteiger partial charge in [-0.1, -0.05) is 32.1 Å². The second kappa shape index (κ2) is 7.47. The highest BCUT2D eigenvalue weighted by atomic mass is 16.5. The number of hydrogen-bond acceptors (Lipinski definition) is 5. The molecule has 0 radical (unpaired) electrons. The van der Waals surface area contributed by atoms with Crippen LogP contribution in [0.4, 0.5) is 0 Å². The number of rotatable bonds is 5. The SMILES string of the molecule is C=C1CC[C@@H]2[C@@H](C)[C@@](C)(O)CC[C@@]2(C)[C@@H]1C/C=C1/C(=O)OCC1N(C=O)C=O. The molecule has 0 aromatic carbocycles. The van der Waals surface area contributed by atoms with Crippen molar-refractivity contribution < 1.29 is 24.2 Å². The molecule has 6 atom stereocenters. The quantitative estimate of drug-likeness (QED) is 0.338. The summed E-state index contributed by atoms with van der Waals surface area (Å²) in [5.74, 6) is 0.297. The topological polar surface area (TPSA) is 83.9 Å². The predicted molar refractivity (Wildman–Crippen MR) is 104 cm³/mol. The third-order valence-electron chi connectivity index (χ3n) is 7.81. The average molecular weight is 389 g/mol. The van der Waals surface area contributed by atoms with Crippen LogP contribution in [0.1, 0.15) is 52.9 Å². The number of carbonyl (C=O) groups excluding carboxylic acids is 3. The van der Waals surface area contributed by atoms with E-state index in [1.807, 2.05) is 13.0 Å². The van der Waals surface area contributed by atoms with E-state index in [1.165, 1.54) is 5.57 Å². The van der Waals surface area contributed by atoms with E-state index in [0.29, 0.717) is 30.7 Å². The normalized spacial score (nSPS) is 42.1. The molecule has 6 nitrogen and oxygen atoms in total. The third-order valence-corrected chi connectivity index (χ3v) is 7.81. The Morgan fingerprint density at radius 2 is 1.96 bits per heavy atom. The summed E-state index contributed by atoms with van der Waals surface area (Å²) in [6.45, 7) is 10.7.